The highest BCUT2D eigenvalue weighted by Crippen LogP contribution is 2.00. The van der Waals surface area contributed by atoms with Crippen LogP contribution < -0.4 is 0 Å². The van der Waals surface area contributed by atoms with Crippen molar-refractivity contribution >= 4 is 0 Å². The molecule has 0 radical (unpaired) electrons. The standard InChI is InChI=1S/C8H12O3/c1-2-3-9-6-8-7-10-4-5-11-8/h1,8H,3-7H2. The Morgan fingerprint density at radius 3 is 3.09 bits per heavy atom. The van der Waals surface area contributed by atoms with Crippen LogP contribution in [0.5, 0.6) is 0 Å². The fraction of sp³-hybridized carbons (Fsp3) is 0.750. The lowest BCUT2D eigenvalue weighted by Crippen LogP contribution is -2.32. The average molecular weight is 156 g/mol. The van der Waals surface area contributed by atoms with Gasteiger partial charge in [-0.1, -0.05) is 5.92 Å². The number of hydrogen-bond donors (Lipinski definition) is 0. The van der Waals surface area contributed by atoms with Crippen LogP contribution in [0.4, 0.5) is 0 Å². The van der Waals surface area contributed by atoms with E-state index in [1.807, 2.05) is 0 Å². The molecule has 1 atom stereocenters. The molecule has 1 rings (SSSR count). The minimum Gasteiger partial charge on any atom is -0.376 e. The van der Waals surface area contributed by atoms with Crippen LogP contribution in [0.15, 0.2) is 0 Å². The molecular weight excluding hydrogens is 144 g/mol. The van der Waals surface area contributed by atoms with Crippen molar-refractivity contribution < 1.29 is 14.2 Å². The number of hydrogen-bond acceptors (Lipinski definition) is 3. The molecule has 1 fully saturated rings. The second kappa shape index (κ2) is 5.14. The molecule has 1 unspecified atom stereocenters. The molecule has 1 aliphatic rings. The second-order valence-corrected chi connectivity index (χ2v) is 2.29. The SMILES string of the molecule is C#CCOCC1COCCO1. The van der Waals surface area contributed by atoms with Gasteiger partial charge in [0.2, 0.25) is 0 Å². The third kappa shape index (κ3) is 3.38. The molecule has 0 saturated carbocycles. The smallest absolute Gasteiger partial charge is 0.107 e. The summed E-state index contributed by atoms with van der Waals surface area (Å²) in [6.07, 6.45) is 5.06. The van der Waals surface area contributed by atoms with Gasteiger partial charge in [-0.3, -0.25) is 0 Å². The molecule has 0 N–H and O–H groups in total. The van der Waals surface area contributed by atoms with Crippen LogP contribution in [0, 0.1) is 12.3 Å². The molecule has 0 bridgehead atoms. The summed E-state index contributed by atoms with van der Waals surface area (Å²) in [4.78, 5) is 0. The Morgan fingerprint density at radius 1 is 1.55 bits per heavy atom. The minimum absolute atomic E-state index is 0.0668. The molecule has 0 aromatic rings. The van der Waals surface area contributed by atoms with Gasteiger partial charge in [-0.05, 0) is 0 Å². The van der Waals surface area contributed by atoms with Crippen molar-refractivity contribution in [3.63, 3.8) is 0 Å². The molecule has 1 saturated heterocycles. The third-order valence-electron chi connectivity index (χ3n) is 1.37. The Morgan fingerprint density at radius 2 is 2.45 bits per heavy atom. The number of rotatable bonds is 3. The van der Waals surface area contributed by atoms with E-state index in [1.54, 1.807) is 0 Å². The summed E-state index contributed by atoms with van der Waals surface area (Å²) in [5.41, 5.74) is 0. The van der Waals surface area contributed by atoms with Crippen molar-refractivity contribution in [3.8, 4) is 12.3 Å². The lowest BCUT2D eigenvalue weighted by molar-refractivity contribution is -0.112. The maximum absolute atomic E-state index is 5.31. The lowest BCUT2D eigenvalue weighted by Gasteiger charge is -2.22. The zero-order valence-electron chi connectivity index (χ0n) is 6.41. The molecule has 3 heteroatoms. The van der Waals surface area contributed by atoms with E-state index >= 15 is 0 Å². The van der Waals surface area contributed by atoms with Crippen LogP contribution in [0.25, 0.3) is 0 Å². The first-order valence-electron chi connectivity index (χ1n) is 3.64. The first kappa shape index (κ1) is 8.54. The van der Waals surface area contributed by atoms with Crippen LogP contribution >= 0.6 is 0 Å². The van der Waals surface area contributed by atoms with Gasteiger partial charge in [0.1, 0.15) is 12.7 Å². The summed E-state index contributed by atoms with van der Waals surface area (Å²) in [7, 11) is 0. The van der Waals surface area contributed by atoms with Gasteiger partial charge >= 0.3 is 0 Å². The van der Waals surface area contributed by atoms with Crippen LogP contribution in [0.2, 0.25) is 0 Å². The van der Waals surface area contributed by atoms with E-state index in [1.165, 1.54) is 0 Å². The van der Waals surface area contributed by atoms with Crippen molar-refractivity contribution in [1.82, 2.24) is 0 Å². The van der Waals surface area contributed by atoms with Crippen molar-refractivity contribution in [2.45, 2.75) is 6.10 Å². The molecule has 1 aliphatic heterocycles. The van der Waals surface area contributed by atoms with E-state index in [4.69, 9.17) is 20.6 Å². The molecule has 3 nitrogen and oxygen atoms in total. The molecule has 0 aromatic heterocycles. The van der Waals surface area contributed by atoms with Crippen molar-refractivity contribution in [1.29, 1.82) is 0 Å². The highest BCUT2D eigenvalue weighted by Gasteiger charge is 2.13. The molecule has 0 aromatic carbocycles. The molecular formula is C8H12O3. The monoisotopic (exact) mass is 156 g/mol. The van der Waals surface area contributed by atoms with Gasteiger partial charge < -0.3 is 14.2 Å². The van der Waals surface area contributed by atoms with Gasteiger partial charge in [0.15, 0.2) is 0 Å². The second-order valence-electron chi connectivity index (χ2n) is 2.29. The first-order valence-corrected chi connectivity index (χ1v) is 3.64. The Balaban J connectivity index is 2.01. The normalized spacial score (nSPS) is 24.5. The fourth-order valence-corrected chi connectivity index (χ4v) is 0.882. The summed E-state index contributed by atoms with van der Waals surface area (Å²) in [5.74, 6) is 2.39. The van der Waals surface area contributed by atoms with Crippen LogP contribution in [-0.2, 0) is 14.2 Å². The van der Waals surface area contributed by atoms with Gasteiger partial charge in [0.05, 0.1) is 26.4 Å². The van der Waals surface area contributed by atoms with Gasteiger partial charge in [0, 0.05) is 0 Å². The summed E-state index contributed by atoms with van der Waals surface area (Å²) in [6.45, 7) is 2.84. The molecule has 0 amide bonds. The highest BCUT2D eigenvalue weighted by atomic mass is 16.6. The van der Waals surface area contributed by atoms with Crippen LogP contribution in [-0.4, -0.2) is 39.1 Å². The van der Waals surface area contributed by atoms with Gasteiger partial charge in [-0.25, -0.2) is 0 Å². The van der Waals surface area contributed by atoms with E-state index in [9.17, 15) is 0 Å². The molecule has 11 heavy (non-hydrogen) atoms. The van der Waals surface area contributed by atoms with E-state index in [2.05, 4.69) is 5.92 Å². The molecule has 62 valence electrons. The molecule has 0 spiro atoms. The van der Waals surface area contributed by atoms with Crippen molar-refractivity contribution in [3.05, 3.63) is 0 Å². The van der Waals surface area contributed by atoms with Gasteiger partial charge in [0.25, 0.3) is 0 Å². The van der Waals surface area contributed by atoms with E-state index in [0.717, 1.165) is 0 Å². The number of ether oxygens (including phenoxy) is 3. The predicted molar refractivity (Wildman–Crippen MR) is 40.2 cm³/mol. The largest absolute Gasteiger partial charge is 0.376 e. The quantitative estimate of drug-likeness (QED) is 0.427. The lowest BCUT2D eigenvalue weighted by atomic mass is 10.4. The zero-order chi connectivity index (χ0) is 7.94. The Bertz CT molecular complexity index is 133. The van der Waals surface area contributed by atoms with E-state index in [0.29, 0.717) is 33.0 Å². The van der Waals surface area contributed by atoms with Crippen molar-refractivity contribution in [2.75, 3.05) is 33.0 Å². The van der Waals surface area contributed by atoms with E-state index < -0.39 is 0 Å². The minimum atomic E-state index is 0.0668. The van der Waals surface area contributed by atoms with Crippen LogP contribution in [0.1, 0.15) is 0 Å². The molecule has 0 aliphatic carbocycles. The predicted octanol–water partition coefficient (Wildman–Crippen LogP) is 0.0516. The fourth-order valence-electron chi connectivity index (χ4n) is 0.882. The van der Waals surface area contributed by atoms with Gasteiger partial charge in [-0.2, -0.15) is 0 Å². The third-order valence-corrected chi connectivity index (χ3v) is 1.37. The van der Waals surface area contributed by atoms with Crippen molar-refractivity contribution in [2.24, 2.45) is 0 Å². The Labute approximate surface area is 66.6 Å². The summed E-state index contributed by atoms with van der Waals surface area (Å²) in [6, 6.07) is 0. The molecule has 1 heterocycles. The first-order chi connectivity index (χ1) is 5.43. The number of terminal acetylenes is 1. The maximum Gasteiger partial charge on any atom is 0.107 e. The van der Waals surface area contributed by atoms with Gasteiger partial charge in [-0.15, -0.1) is 6.42 Å². The zero-order valence-corrected chi connectivity index (χ0v) is 6.41. The van der Waals surface area contributed by atoms with Crippen LogP contribution in [0.3, 0.4) is 0 Å². The maximum atomic E-state index is 5.31. The highest BCUT2D eigenvalue weighted by molar-refractivity contribution is 4.83. The Hall–Kier alpha value is -0.560. The topological polar surface area (TPSA) is 27.7 Å². The summed E-state index contributed by atoms with van der Waals surface area (Å²) in [5, 5.41) is 0. The van der Waals surface area contributed by atoms with E-state index in [-0.39, 0.29) is 6.10 Å². The summed E-state index contributed by atoms with van der Waals surface area (Å²) >= 11 is 0. The summed E-state index contributed by atoms with van der Waals surface area (Å²) < 4.78 is 15.5. The Kier molecular flexibility index (Phi) is 3.99. The average Bonchev–Trinajstić information content (AvgIpc) is 2.07.